The molecule has 5 heteroatoms. The maximum atomic E-state index is 12.5. The van der Waals surface area contributed by atoms with E-state index in [-0.39, 0.29) is 18.7 Å². The number of hydrogen-bond acceptors (Lipinski definition) is 3. The summed E-state index contributed by atoms with van der Waals surface area (Å²) in [4.78, 5) is 14.2. The van der Waals surface area contributed by atoms with E-state index < -0.39 is 0 Å². The fraction of sp³-hybridized carbons (Fsp3) is 0.471. The molecule has 1 aliphatic heterocycles. The Morgan fingerprint density at radius 3 is 3.09 bits per heavy atom. The Hall–Kier alpha value is -2.01. The van der Waals surface area contributed by atoms with E-state index >= 15 is 0 Å². The molecule has 0 spiro atoms. The Labute approximate surface area is 131 Å². The topological polar surface area (TPSA) is 61.8 Å². The van der Waals surface area contributed by atoms with Crippen molar-refractivity contribution in [2.45, 2.75) is 31.7 Å². The molecular weight excluding hydrogens is 280 g/mol. The summed E-state index contributed by atoms with van der Waals surface area (Å²) < 4.78 is 5.46. The number of ether oxygens (including phenoxy) is 1. The van der Waals surface area contributed by atoms with Gasteiger partial charge in [0.25, 0.3) is 0 Å². The van der Waals surface area contributed by atoms with Gasteiger partial charge in [0, 0.05) is 18.3 Å². The number of carbonyl (C=O) groups is 1. The molecule has 1 atom stereocenters. The van der Waals surface area contributed by atoms with Crippen LogP contribution in [0.4, 0.5) is 10.5 Å². The van der Waals surface area contributed by atoms with Crippen molar-refractivity contribution < 1.29 is 14.6 Å². The normalized spacial score (nSPS) is 18.4. The highest BCUT2D eigenvalue weighted by Crippen LogP contribution is 2.20. The van der Waals surface area contributed by atoms with Crippen LogP contribution < -0.4 is 10.1 Å². The third kappa shape index (κ3) is 4.49. The van der Waals surface area contributed by atoms with Gasteiger partial charge in [0.05, 0.1) is 12.6 Å². The molecule has 1 aromatic rings. The maximum absolute atomic E-state index is 12.5. The van der Waals surface area contributed by atoms with Gasteiger partial charge in [-0.15, -0.1) is 0 Å². The van der Waals surface area contributed by atoms with Crippen molar-refractivity contribution in [1.82, 2.24) is 4.90 Å². The van der Waals surface area contributed by atoms with Crippen LogP contribution >= 0.6 is 0 Å². The molecule has 2 rings (SSSR count). The summed E-state index contributed by atoms with van der Waals surface area (Å²) in [6.45, 7) is 4.73. The van der Waals surface area contributed by atoms with Crippen molar-refractivity contribution in [2.24, 2.45) is 0 Å². The van der Waals surface area contributed by atoms with Crippen LogP contribution in [0.15, 0.2) is 36.9 Å². The minimum absolute atomic E-state index is 0.00983. The smallest absolute Gasteiger partial charge is 0.322 e. The number of urea groups is 1. The summed E-state index contributed by atoms with van der Waals surface area (Å²) in [5.41, 5.74) is 0.687. The van der Waals surface area contributed by atoms with Gasteiger partial charge < -0.3 is 20.1 Å². The highest BCUT2D eigenvalue weighted by atomic mass is 16.5. The van der Waals surface area contributed by atoms with Crippen molar-refractivity contribution >= 4 is 11.7 Å². The maximum Gasteiger partial charge on any atom is 0.322 e. The molecule has 0 bridgehead atoms. The van der Waals surface area contributed by atoms with Crippen molar-refractivity contribution in [1.29, 1.82) is 0 Å². The molecule has 1 saturated heterocycles. The molecule has 1 aliphatic rings. The average Bonchev–Trinajstić information content (AvgIpc) is 2.78. The molecule has 0 aliphatic carbocycles. The van der Waals surface area contributed by atoms with Crippen LogP contribution in [0.5, 0.6) is 5.75 Å². The minimum Gasteiger partial charge on any atom is -0.489 e. The number of benzene rings is 1. The highest BCUT2D eigenvalue weighted by Gasteiger charge is 2.24. The Bertz CT molecular complexity index is 504. The summed E-state index contributed by atoms with van der Waals surface area (Å²) in [6, 6.07) is 7.02. The second kappa shape index (κ2) is 8.44. The quantitative estimate of drug-likeness (QED) is 0.822. The first-order valence-corrected chi connectivity index (χ1v) is 7.77. The van der Waals surface area contributed by atoms with Gasteiger partial charge in [-0.2, -0.15) is 0 Å². The molecule has 0 unspecified atom stereocenters. The zero-order valence-corrected chi connectivity index (χ0v) is 12.8. The van der Waals surface area contributed by atoms with E-state index in [2.05, 4.69) is 11.9 Å². The Balaban J connectivity index is 2.02. The first-order chi connectivity index (χ1) is 10.7. The van der Waals surface area contributed by atoms with E-state index in [0.29, 0.717) is 24.6 Å². The number of nitrogens with zero attached hydrogens (tertiary/aromatic N) is 1. The molecule has 2 amide bonds. The van der Waals surface area contributed by atoms with E-state index in [1.54, 1.807) is 17.0 Å². The molecule has 0 saturated carbocycles. The summed E-state index contributed by atoms with van der Waals surface area (Å²) in [5.74, 6) is 0.687. The van der Waals surface area contributed by atoms with Crippen LogP contribution in [0.3, 0.4) is 0 Å². The monoisotopic (exact) mass is 304 g/mol. The molecule has 1 heterocycles. The number of hydrogen-bond donors (Lipinski definition) is 2. The van der Waals surface area contributed by atoms with Gasteiger partial charge in [0.2, 0.25) is 0 Å². The SMILES string of the molecule is C=CCOc1cccc(NC(=O)N2CCCCC[C@H]2CO)c1. The molecule has 0 radical (unpaired) electrons. The van der Waals surface area contributed by atoms with Gasteiger partial charge in [0.15, 0.2) is 0 Å². The predicted molar refractivity (Wildman–Crippen MR) is 87.2 cm³/mol. The highest BCUT2D eigenvalue weighted by molar-refractivity contribution is 5.89. The molecule has 2 N–H and O–H groups in total. The molecule has 1 fully saturated rings. The standard InChI is InChI=1S/C17H24N2O3/c1-2-11-22-16-9-6-7-14(12-16)18-17(21)19-10-5-3-4-8-15(19)13-20/h2,6-7,9,12,15,20H,1,3-5,8,10-11,13H2,(H,18,21)/t15-/m0/s1. The lowest BCUT2D eigenvalue weighted by Crippen LogP contribution is -2.44. The summed E-state index contributed by atoms with van der Waals surface area (Å²) in [5, 5.41) is 12.4. The molecule has 1 aromatic carbocycles. The number of likely N-dealkylation sites (tertiary alicyclic amines) is 1. The Kier molecular flexibility index (Phi) is 6.27. The number of rotatable bonds is 5. The summed E-state index contributed by atoms with van der Waals surface area (Å²) in [6.07, 6.45) is 5.66. The number of anilines is 1. The third-order valence-corrected chi connectivity index (χ3v) is 3.80. The van der Waals surface area contributed by atoms with Crippen LogP contribution in [0.1, 0.15) is 25.7 Å². The molecule has 0 aromatic heterocycles. The van der Waals surface area contributed by atoms with Crippen LogP contribution in [0, 0.1) is 0 Å². The van der Waals surface area contributed by atoms with Crippen LogP contribution in [-0.4, -0.2) is 41.8 Å². The fourth-order valence-electron chi connectivity index (χ4n) is 2.65. The van der Waals surface area contributed by atoms with Gasteiger partial charge in [-0.3, -0.25) is 0 Å². The summed E-state index contributed by atoms with van der Waals surface area (Å²) in [7, 11) is 0. The predicted octanol–water partition coefficient (Wildman–Crippen LogP) is 3.02. The van der Waals surface area contributed by atoms with Gasteiger partial charge >= 0.3 is 6.03 Å². The second-order valence-corrected chi connectivity index (χ2v) is 5.44. The van der Waals surface area contributed by atoms with Crippen molar-refractivity contribution in [3.63, 3.8) is 0 Å². The summed E-state index contributed by atoms with van der Waals surface area (Å²) >= 11 is 0. The largest absolute Gasteiger partial charge is 0.489 e. The lowest BCUT2D eigenvalue weighted by Gasteiger charge is -2.28. The molecule has 120 valence electrons. The van der Waals surface area contributed by atoms with Crippen LogP contribution in [-0.2, 0) is 0 Å². The second-order valence-electron chi connectivity index (χ2n) is 5.44. The van der Waals surface area contributed by atoms with Crippen LogP contribution in [0.2, 0.25) is 0 Å². The first kappa shape index (κ1) is 16.4. The average molecular weight is 304 g/mol. The lowest BCUT2D eigenvalue weighted by atomic mass is 10.1. The van der Waals surface area contributed by atoms with E-state index in [1.807, 2.05) is 18.2 Å². The van der Waals surface area contributed by atoms with E-state index in [0.717, 1.165) is 25.7 Å². The fourth-order valence-corrected chi connectivity index (χ4v) is 2.65. The number of aliphatic hydroxyl groups excluding tert-OH is 1. The van der Waals surface area contributed by atoms with E-state index in [1.165, 1.54) is 0 Å². The first-order valence-electron chi connectivity index (χ1n) is 7.77. The number of aliphatic hydroxyl groups is 1. The Morgan fingerprint density at radius 2 is 2.32 bits per heavy atom. The third-order valence-electron chi connectivity index (χ3n) is 3.80. The minimum atomic E-state index is -0.165. The van der Waals surface area contributed by atoms with E-state index in [9.17, 15) is 9.90 Å². The number of amides is 2. The van der Waals surface area contributed by atoms with Gasteiger partial charge in [0.1, 0.15) is 12.4 Å². The van der Waals surface area contributed by atoms with Gasteiger partial charge in [-0.05, 0) is 25.0 Å². The van der Waals surface area contributed by atoms with Gasteiger partial charge in [-0.25, -0.2) is 4.79 Å². The zero-order chi connectivity index (χ0) is 15.8. The van der Waals surface area contributed by atoms with Crippen molar-refractivity contribution in [3.05, 3.63) is 36.9 Å². The number of carbonyl (C=O) groups excluding carboxylic acids is 1. The molecule has 22 heavy (non-hydrogen) atoms. The number of nitrogens with one attached hydrogen (secondary N) is 1. The van der Waals surface area contributed by atoms with E-state index in [4.69, 9.17) is 4.74 Å². The van der Waals surface area contributed by atoms with Crippen molar-refractivity contribution in [3.8, 4) is 5.75 Å². The molecular formula is C17H24N2O3. The zero-order valence-electron chi connectivity index (χ0n) is 12.8. The molecule has 5 nitrogen and oxygen atoms in total. The van der Waals surface area contributed by atoms with Gasteiger partial charge in [-0.1, -0.05) is 31.6 Å². The van der Waals surface area contributed by atoms with Crippen molar-refractivity contribution in [2.75, 3.05) is 25.1 Å². The Morgan fingerprint density at radius 1 is 1.45 bits per heavy atom. The van der Waals surface area contributed by atoms with Crippen LogP contribution in [0.25, 0.3) is 0 Å². The lowest BCUT2D eigenvalue weighted by molar-refractivity contribution is 0.142.